The van der Waals surface area contributed by atoms with Crippen LogP contribution in [0.15, 0.2) is 85.2 Å². The number of aryl methyl sites for hydroxylation is 1. The lowest BCUT2D eigenvalue weighted by Crippen LogP contribution is -2.43. The van der Waals surface area contributed by atoms with Gasteiger partial charge in [-0.15, -0.1) is 0 Å². The molecule has 8 rings (SSSR count). The number of imide groups is 2. The predicted octanol–water partition coefficient (Wildman–Crippen LogP) is 4.03. The molecule has 3 aliphatic heterocycles. The Morgan fingerprint density at radius 1 is 0.733 bits per heavy atom. The van der Waals surface area contributed by atoms with Crippen LogP contribution in [0.25, 0.3) is 33.0 Å². The lowest BCUT2D eigenvalue weighted by molar-refractivity contribution is -0.130. The van der Waals surface area contributed by atoms with Crippen molar-refractivity contribution in [3.05, 3.63) is 107 Å². The lowest BCUT2D eigenvalue weighted by Gasteiger charge is -2.35. The van der Waals surface area contributed by atoms with Gasteiger partial charge in [0.25, 0.3) is 23.6 Å². The first-order valence-corrected chi connectivity index (χ1v) is 14.8. The van der Waals surface area contributed by atoms with Gasteiger partial charge in [-0.3, -0.25) is 29.4 Å². The number of rotatable bonds is 5. The van der Waals surface area contributed by atoms with Crippen molar-refractivity contribution in [1.82, 2.24) is 19.4 Å². The Labute approximate surface area is 257 Å². The minimum Gasteiger partial charge on any atom is -0.393 e. The highest BCUT2D eigenvalue weighted by atomic mass is 16.5. The number of aliphatic hydroxyl groups is 1. The molecule has 5 heterocycles. The molecular weight excluding hydrogens is 572 g/mol. The Kier molecular flexibility index (Phi) is 6.12. The number of benzene rings is 3. The molecule has 0 spiro atoms. The highest BCUT2D eigenvalue weighted by Gasteiger charge is 2.40. The number of carbonyl (C=O) groups is 4. The van der Waals surface area contributed by atoms with Crippen LogP contribution in [0.3, 0.4) is 0 Å². The van der Waals surface area contributed by atoms with E-state index in [0.29, 0.717) is 27.8 Å². The molecule has 10 heteroatoms. The number of amides is 4. The molecule has 0 unspecified atom stereocenters. The first-order chi connectivity index (χ1) is 21.8. The number of aliphatic hydroxyl groups excluding tert-OH is 1. The fourth-order valence-corrected chi connectivity index (χ4v) is 7.02. The highest BCUT2D eigenvalue weighted by Crippen LogP contribution is 2.41. The largest absolute Gasteiger partial charge is 0.393 e. The molecule has 0 aliphatic carbocycles. The molecule has 1 saturated heterocycles. The van der Waals surface area contributed by atoms with E-state index >= 15 is 0 Å². The zero-order valence-corrected chi connectivity index (χ0v) is 24.3. The van der Waals surface area contributed by atoms with Crippen molar-refractivity contribution >= 4 is 56.6 Å². The van der Waals surface area contributed by atoms with Gasteiger partial charge in [0.1, 0.15) is 6.23 Å². The number of nitrogens with zero attached hydrogens (tertiary/aromatic N) is 3. The monoisotopic (exact) mass is 600 g/mol. The third-order valence-corrected chi connectivity index (χ3v) is 9.04. The molecule has 0 saturated carbocycles. The molecule has 4 amide bonds. The smallest absolute Gasteiger partial charge is 0.261 e. The zero-order chi connectivity index (χ0) is 31.0. The van der Waals surface area contributed by atoms with E-state index in [2.05, 4.69) is 5.32 Å². The van der Waals surface area contributed by atoms with E-state index in [1.165, 1.54) is 4.90 Å². The number of hydrogen-bond donors (Lipinski definition) is 2. The summed E-state index contributed by atoms with van der Waals surface area (Å²) in [6.07, 6.45) is 2.14. The number of hydrogen-bond acceptors (Lipinski definition) is 6. The van der Waals surface area contributed by atoms with Crippen molar-refractivity contribution in [2.45, 2.75) is 31.3 Å². The van der Waals surface area contributed by atoms with Gasteiger partial charge in [-0.05, 0) is 24.3 Å². The van der Waals surface area contributed by atoms with Crippen LogP contribution in [-0.4, -0.2) is 61.5 Å². The fourth-order valence-electron chi connectivity index (χ4n) is 7.02. The summed E-state index contributed by atoms with van der Waals surface area (Å²) in [4.78, 5) is 54.0. The van der Waals surface area contributed by atoms with Crippen molar-refractivity contribution in [2.24, 2.45) is 7.05 Å². The van der Waals surface area contributed by atoms with E-state index < -0.39 is 30.3 Å². The van der Waals surface area contributed by atoms with E-state index in [9.17, 15) is 24.3 Å². The fraction of sp³-hybridized carbons (Fsp3) is 0.200. The van der Waals surface area contributed by atoms with Crippen LogP contribution in [0.4, 0.5) is 0 Å². The molecule has 2 N–H and O–H groups in total. The molecule has 2 aromatic heterocycles. The second-order valence-electron chi connectivity index (χ2n) is 11.8. The van der Waals surface area contributed by atoms with Gasteiger partial charge in [0.2, 0.25) is 0 Å². The topological polar surface area (TPSA) is 123 Å². The van der Waals surface area contributed by atoms with Crippen molar-refractivity contribution in [2.75, 3.05) is 6.54 Å². The Morgan fingerprint density at radius 3 is 1.96 bits per heavy atom. The second kappa shape index (κ2) is 10.1. The van der Waals surface area contributed by atoms with Gasteiger partial charge in [0, 0.05) is 59.7 Å². The van der Waals surface area contributed by atoms with Crippen LogP contribution in [0, 0.1) is 0 Å². The highest BCUT2D eigenvalue weighted by molar-refractivity contribution is 6.50. The average molecular weight is 601 g/mol. The third-order valence-electron chi connectivity index (χ3n) is 9.04. The molecule has 224 valence electrons. The number of carbonyl (C=O) groups excluding carboxylic acids is 4. The zero-order valence-electron chi connectivity index (χ0n) is 24.3. The molecule has 5 aromatic rings. The van der Waals surface area contributed by atoms with Crippen molar-refractivity contribution in [3.8, 4) is 0 Å². The van der Waals surface area contributed by atoms with E-state index in [-0.39, 0.29) is 36.8 Å². The van der Waals surface area contributed by atoms with Gasteiger partial charge >= 0.3 is 0 Å². The summed E-state index contributed by atoms with van der Waals surface area (Å²) in [5, 5.41) is 15.1. The van der Waals surface area contributed by atoms with Gasteiger partial charge in [-0.2, -0.15) is 0 Å². The van der Waals surface area contributed by atoms with Crippen LogP contribution >= 0.6 is 0 Å². The summed E-state index contributed by atoms with van der Waals surface area (Å²) in [6.45, 7) is -0.000739. The molecule has 1 fully saturated rings. The summed E-state index contributed by atoms with van der Waals surface area (Å²) in [7, 11) is 1.90. The number of para-hydroxylation sites is 2. The van der Waals surface area contributed by atoms with Gasteiger partial charge < -0.3 is 19.0 Å². The third kappa shape index (κ3) is 4.17. The minimum atomic E-state index is -0.754. The summed E-state index contributed by atoms with van der Waals surface area (Å²) in [5.41, 5.74) is 4.20. The Morgan fingerprint density at radius 2 is 1.29 bits per heavy atom. The van der Waals surface area contributed by atoms with Crippen LogP contribution in [-0.2, 0) is 21.4 Å². The lowest BCUT2D eigenvalue weighted by atomic mass is 9.95. The van der Waals surface area contributed by atoms with E-state index in [4.69, 9.17) is 4.74 Å². The summed E-state index contributed by atoms with van der Waals surface area (Å²) in [6, 6.07) is 22.0. The number of nitrogens with one attached hydrogen (secondary N) is 1. The molecule has 45 heavy (non-hydrogen) atoms. The van der Waals surface area contributed by atoms with Crippen LogP contribution in [0.1, 0.15) is 50.9 Å². The van der Waals surface area contributed by atoms with Crippen molar-refractivity contribution in [3.63, 3.8) is 0 Å². The van der Waals surface area contributed by atoms with Gasteiger partial charge in [0.05, 0.1) is 46.5 Å². The van der Waals surface area contributed by atoms with Gasteiger partial charge in [-0.1, -0.05) is 48.5 Å². The van der Waals surface area contributed by atoms with E-state index in [0.717, 1.165) is 21.8 Å². The number of ether oxygens (including phenoxy) is 1. The van der Waals surface area contributed by atoms with Gasteiger partial charge in [0.15, 0.2) is 0 Å². The summed E-state index contributed by atoms with van der Waals surface area (Å²) >= 11 is 0. The SMILES string of the molecule is Cn1cc(C2=C(c3cn([C@@H]4C[C@@H](O)C[C@@H](CN5C(=O)c6ccccc6C5=O)O4)c4ccccc34)C(=O)NC2=O)c2ccccc21. The number of fused-ring (bicyclic) bond motifs is 3. The molecule has 10 nitrogen and oxygen atoms in total. The molecular formula is C35H28N4O6. The first kappa shape index (κ1) is 27.2. The molecule has 0 radical (unpaired) electrons. The normalized spacial score (nSPS) is 21.8. The quantitative estimate of drug-likeness (QED) is 0.294. The van der Waals surface area contributed by atoms with Crippen LogP contribution < -0.4 is 5.32 Å². The Bertz CT molecular complexity index is 2100. The second-order valence-corrected chi connectivity index (χ2v) is 11.8. The van der Waals surface area contributed by atoms with Crippen LogP contribution in [0.5, 0.6) is 0 Å². The van der Waals surface area contributed by atoms with Crippen molar-refractivity contribution in [1.29, 1.82) is 0 Å². The molecule has 3 atom stereocenters. The van der Waals surface area contributed by atoms with E-state index in [1.54, 1.807) is 30.5 Å². The molecule has 3 aliphatic rings. The maximum absolute atomic E-state index is 13.4. The van der Waals surface area contributed by atoms with E-state index in [1.807, 2.05) is 70.9 Å². The van der Waals surface area contributed by atoms with Crippen molar-refractivity contribution < 1.29 is 29.0 Å². The predicted molar refractivity (Wildman–Crippen MR) is 166 cm³/mol. The summed E-state index contributed by atoms with van der Waals surface area (Å²) < 4.78 is 10.3. The Balaban J connectivity index is 1.19. The minimum absolute atomic E-state index is 0.000739. The Hall–Kier alpha value is -5.32. The average Bonchev–Trinajstić information content (AvgIpc) is 3.74. The summed E-state index contributed by atoms with van der Waals surface area (Å²) in [5.74, 6) is -1.71. The maximum atomic E-state index is 13.4. The molecule has 0 bridgehead atoms. The maximum Gasteiger partial charge on any atom is 0.261 e. The van der Waals surface area contributed by atoms with Crippen LogP contribution in [0.2, 0.25) is 0 Å². The standard InChI is InChI=1S/C35H28N4O6/c1-37-17-25(21-8-4-6-12-27(21)37)30-31(33(42)36-32(30)41)26-18-38(28-13-7-5-9-22(26)28)29-15-19(40)14-20(45-29)16-39-34(43)23-10-2-3-11-24(23)35(39)44/h2-13,17-20,29,40H,14-16H2,1H3,(H,36,41,42)/t19-,20-,29-/m0/s1. The number of aromatic nitrogens is 2. The van der Waals surface area contributed by atoms with Gasteiger partial charge in [-0.25, -0.2) is 0 Å². The molecule has 3 aromatic carbocycles. The first-order valence-electron chi connectivity index (χ1n) is 14.8.